The minimum Gasteiger partial charge on any atom is -0.384 e. The molecule has 3 radical (unpaired) electrons. The number of hydrogen-bond acceptors (Lipinski definition) is 18. The molecule has 0 aromatic carbocycles. The fourth-order valence-corrected chi connectivity index (χ4v) is 11.9. The molecule has 9 N–H and O–H groups in total. The van der Waals surface area contributed by atoms with E-state index in [1.165, 1.54) is 0 Å². The Labute approximate surface area is 991 Å². The van der Waals surface area contributed by atoms with Crippen molar-refractivity contribution in [1.82, 2.24) is 0 Å². The van der Waals surface area contributed by atoms with Gasteiger partial charge < -0.3 is 46.0 Å². The molecule has 0 aromatic rings. The third kappa shape index (κ3) is 79.7. The molecular weight excluding hydrogens is 2860 g/mol. The zero-order valence-corrected chi connectivity index (χ0v) is 98.5. The summed E-state index contributed by atoms with van der Waals surface area (Å²) in [6.45, 7) is 79.9. The first-order valence-corrected chi connectivity index (χ1v) is 42.5. The Hall–Kier alpha value is 7.85. The van der Waals surface area contributed by atoms with Crippen molar-refractivity contribution < 1.29 is 380 Å². The van der Waals surface area contributed by atoms with Crippen molar-refractivity contribution in [2.24, 2.45) is 62.7 Å². The summed E-state index contributed by atoms with van der Waals surface area (Å²) in [5, 5.41) is 90.6. The van der Waals surface area contributed by atoms with Crippen molar-refractivity contribution in [3.63, 3.8) is 0 Å². The number of rotatable bonds is 39. The second-order valence-electron chi connectivity index (χ2n) is 32.0. The van der Waals surface area contributed by atoms with E-state index in [4.69, 9.17) is 0 Å². The van der Waals surface area contributed by atoms with Gasteiger partial charge in [-0.1, -0.05) is 182 Å². The molecule has 0 saturated carbocycles. The van der Waals surface area contributed by atoms with Crippen LogP contribution in [0.3, 0.4) is 0 Å². The van der Waals surface area contributed by atoms with E-state index in [9.17, 15) is 46.0 Å². The second kappa shape index (κ2) is 95.6. The molecule has 0 bridgehead atoms. The van der Waals surface area contributed by atoms with Crippen LogP contribution in [0.5, 0.6) is 0 Å². The monoisotopic (exact) mass is 3040 g/mol. The molecule has 0 heterocycles. The normalized spacial score (nSPS) is 15.3. The minimum absolute atomic E-state index is 0. The summed E-state index contributed by atoms with van der Waals surface area (Å²) in [5.41, 5.74) is 1.59. The van der Waals surface area contributed by atoms with E-state index < -0.39 is 50.4 Å². The molecule has 6 atom stereocenters. The molecule has 0 aliphatic carbocycles. The van der Waals surface area contributed by atoms with Crippen molar-refractivity contribution in [3.8, 4) is 0 Å². The molecule has 0 aliphatic heterocycles. The quantitative estimate of drug-likeness (QED) is 0.0264. The third-order valence-electron chi connectivity index (χ3n) is 20.6. The number of aliphatic imine (C=N–C) groups is 9. The Morgan fingerprint density at radius 3 is 0.641 bits per heavy atom. The van der Waals surface area contributed by atoms with Crippen molar-refractivity contribution in [2.75, 3.05) is 40.8 Å². The van der Waals surface area contributed by atoms with Crippen molar-refractivity contribution in [3.05, 3.63) is 0 Å². The Morgan fingerprint density at radius 2 is 0.427 bits per heavy atom. The average molecular weight is 3050 g/mol. The minimum atomic E-state index is -0.718. The molecule has 0 spiro atoms. The smallest absolute Gasteiger partial charge is 0.104 e. The summed E-state index contributed by atoms with van der Waals surface area (Å²) in [6.07, 6.45) is 18.5. The first kappa shape index (κ1) is 168. The van der Waals surface area contributed by atoms with Gasteiger partial charge in [-0.15, -0.1) is 0 Å². The van der Waals surface area contributed by atoms with Gasteiger partial charge in [0.2, 0.25) is 0 Å². The number of nitrogens with zero attached hydrogens (tertiary/aromatic N) is 9. The van der Waals surface area contributed by atoms with E-state index in [0.29, 0.717) is 0 Å². The van der Waals surface area contributed by atoms with Crippen LogP contribution in [0.4, 0.5) is 0 Å². The van der Waals surface area contributed by atoms with Gasteiger partial charge in [0.15, 0.2) is 0 Å². The van der Waals surface area contributed by atoms with Crippen LogP contribution < -0.4 is 0 Å². The molecule has 0 amide bonds. The largest absolute Gasteiger partial charge is 0.384 e. The molecule has 0 aromatic heterocycles. The molecule has 0 aliphatic rings. The van der Waals surface area contributed by atoms with Gasteiger partial charge in [0, 0.05) is 445 Å². The second-order valence-corrected chi connectivity index (χ2v) is 32.0. The summed E-state index contributed by atoms with van der Waals surface area (Å²) >= 11 is 0. The SMILES string of the molecule is CCC(C)(O)C(C)=NC.CCC(C)(O)C(C)=NC(C)C.CCCC(O)(C(C)=NC(C)C)C(C)C.CCCC(O)(C(C)=NC)C(C)C.CCCC(O)(C(C)=NCC)C(C)C.CCCC(O)(CCC)C(C)=NC.CCCC(O)(CCC)C(C)=NC(C)C.CCCC(O)(CCC)C(C)=NCC.CCN=C(C)C(C)(O)CC.[Er].[Er].[Er].[Er].[Er].[Er].[Tm].[Tm].[Tm]. The van der Waals surface area contributed by atoms with E-state index in [1.807, 2.05) is 173 Å². The molecule has 18 nitrogen and oxygen atoms in total. The predicted molar refractivity (Wildman–Crippen MR) is 484 cm³/mol. The maximum absolute atomic E-state index is 10.5. The van der Waals surface area contributed by atoms with Gasteiger partial charge in [-0.2, -0.15) is 0 Å². The van der Waals surface area contributed by atoms with Gasteiger partial charge in [-0.25, -0.2) is 0 Å². The maximum Gasteiger partial charge on any atom is 0.104 e. The van der Waals surface area contributed by atoms with E-state index in [0.717, 1.165) is 206 Å². The van der Waals surface area contributed by atoms with Crippen LogP contribution in [-0.4, -0.2) is 207 Å². The predicted octanol–water partition coefficient (Wildman–Crippen LogP) is 21.2. The van der Waals surface area contributed by atoms with Crippen molar-refractivity contribution in [2.45, 2.75) is 473 Å². The maximum atomic E-state index is 10.5. The number of hydrogen-bond donors (Lipinski definition) is 9. The third-order valence-corrected chi connectivity index (χ3v) is 20.6. The van der Waals surface area contributed by atoms with Gasteiger partial charge in [0.05, 0.1) is 16.8 Å². The summed E-state index contributed by atoms with van der Waals surface area (Å²) in [4.78, 5) is 38.0. The summed E-state index contributed by atoms with van der Waals surface area (Å²) < 4.78 is 0. The molecule has 0 fully saturated rings. The zero-order chi connectivity index (χ0) is 87.5. The molecule has 117 heavy (non-hydrogen) atoms. The van der Waals surface area contributed by atoms with Crippen LogP contribution in [0.15, 0.2) is 44.9 Å². The topological polar surface area (TPSA) is 293 Å². The molecular formula is C90H189Er6N9O9Tm3. The zero-order valence-electron chi connectivity index (χ0n) is 82.0. The first-order valence-electron chi connectivity index (χ1n) is 42.5. The van der Waals surface area contributed by atoms with Gasteiger partial charge in [0.25, 0.3) is 0 Å². The van der Waals surface area contributed by atoms with Gasteiger partial charge in [-0.3, -0.25) is 44.9 Å². The van der Waals surface area contributed by atoms with Crippen LogP contribution in [-0.2, 0) is 0 Å². The Morgan fingerprint density at radius 1 is 0.239 bits per heavy atom. The molecule has 6 unspecified atom stereocenters. The Balaban J connectivity index is -0.0000000585. The van der Waals surface area contributed by atoms with Crippen LogP contribution in [0.25, 0.3) is 0 Å². The summed E-state index contributed by atoms with van der Waals surface area (Å²) in [7, 11) is 5.17. The summed E-state index contributed by atoms with van der Waals surface area (Å²) in [6, 6.07) is 0.806. The van der Waals surface area contributed by atoms with Crippen molar-refractivity contribution in [1.29, 1.82) is 0 Å². The molecule has 27 heteroatoms. The van der Waals surface area contributed by atoms with Gasteiger partial charge >= 0.3 is 0 Å². The van der Waals surface area contributed by atoms with Crippen LogP contribution >= 0.6 is 0 Å². The average Bonchev–Trinajstić information content (AvgIpc) is 0.849. The van der Waals surface area contributed by atoms with Crippen LogP contribution in [0.2, 0.25) is 0 Å². The number of aliphatic hydroxyl groups is 9. The van der Waals surface area contributed by atoms with E-state index in [-0.39, 0.29) is 370 Å². The van der Waals surface area contributed by atoms with E-state index >= 15 is 0 Å². The van der Waals surface area contributed by atoms with Gasteiger partial charge in [0.1, 0.15) is 33.6 Å². The summed E-state index contributed by atoms with van der Waals surface area (Å²) in [5.74, 6) is 0.703. The van der Waals surface area contributed by atoms with Crippen LogP contribution in [0.1, 0.15) is 405 Å². The standard InChI is InChI=1S/2C12H25NO.2C11H23NO.2C10H21NO.C9H19NO.C8H17NO.C7H15NO.6Er.3Tm/c1-7-8-12(14,9(2)3)11(6)13-10(4)5;1-6-8-12(14,9-7-2)11(5)13-10(3)4;1-6-8-11(13,9(3)4)10(5)12-7-2;1-5-8-11(13,9-6-2)10(4)12-7-3;1-6-7-10(12,8(2)3)9(4)11-5;1-5-7-10(12,8-6-2)9(3)11-4;1-6-9(5,11)8(4)10-7(2)3;1-5-8(4,10)7(3)9-6-2;1-5-7(3,9)6(2)8-4;;;;;;;;;/h9-10,14H,7-8H2,1-6H3;10,14H,6-9H2,1-5H3;9,13H,6-8H2,1-5H3;13H,5-9H2,1-4H3;8,12H,6-7H2,1-5H3;12H,5-8H2,1-4H3;7,11H,6H2,1-5H3;10H,5-6H2,1-4H3;9H,5H2,1-4H3;;;;;;;;;. The molecule has 0 rings (SSSR count). The molecule has 0 saturated heterocycles. The Kier molecular flexibility index (Phi) is 137. The van der Waals surface area contributed by atoms with E-state index in [2.05, 4.69) is 121 Å². The molecule has 759 valence electrons. The van der Waals surface area contributed by atoms with Crippen LogP contribution in [0, 0.1) is 352 Å². The fraction of sp³-hybridized carbons (Fsp3) is 0.900. The fourth-order valence-electron chi connectivity index (χ4n) is 11.9. The van der Waals surface area contributed by atoms with Gasteiger partial charge in [-0.05, 0) is 240 Å². The van der Waals surface area contributed by atoms with E-state index in [1.54, 1.807) is 41.9 Å². The first-order chi connectivity index (χ1) is 49.5. The van der Waals surface area contributed by atoms with Crippen molar-refractivity contribution >= 4 is 51.4 Å². The Bertz CT molecular complexity index is 2520.